The van der Waals surface area contributed by atoms with E-state index in [9.17, 15) is 4.79 Å². The molecule has 1 aromatic carbocycles. The lowest BCUT2D eigenvalue weighted by atomic mass is 10.1. The monoisotopic (exact) mass is 400 g/mol. The molecule has 152 valence electrons. The van der Waals surface area contributed by atoms with E-state index in [0.717, 1.165) is 45.8 Å². The molecule has 3 aromatic heterocycles. The van der Waals surface area contributed by atoms with Crippen molar-refractivity contribution in [3.05, 3.63) is 72.2 Å². The Bertz CT molecular complexity index is 1170. The first-order chi connectivity index (χ1) is 14.6. The zero-order valence-electron chi connectivity index (χ0n) is 17.1. The smallest absolute Gasteiger partial charge is 0.319 e. The van der Waals surface area contributed by atoms with E-state index < -0.39 is 0 Å². The van der Waals surface area contributed by atoms with Crippen molar-refractivity contribution in [1.82, 2.24) is 24.8 Å². The van der Waals surface area contributed by atoms with Crippen molar-refractivity contribution in [3.8, 4) is 11.4 Å². The first-order valence-electron chi connectivity index (χ1n) is 9.95. The van der Waals surface area contributed by atoms with E-state index in [1.165, 1.54) is 0 Å². The maximum atomic E-state index is 12.3. The van der Waals surface area contributed by atoms with Gasteiger partial charge in [0, 0.05) is 42.9 Å². The van der Waals surface area contributed by atoms with Crippen LogP contribution in [-0.4, -0.2) is 32.1 Å². The van der Waals surface area contributed by atoms with E-state index in [4.69, 9.17) is 4.98 Å². The number of urea groups is 1. The molecule has 2 amide bonds. The Morgan fingerprint density at radius 3 is 2.73 bits per heavy atom. The Labute approximate surface area is 175 Å². The molecule has 2 N–H and O–H groups in total. The second-order valence-corrected chi connectivity index (χ2v) is 7.22. The molecule has 4 rings (SSSR count). The first-order valence-corrected chi connectivity index (χ1v) is 9.95. The van der Waals surface area contributed by atoms with Crippen molar-refractivity contribution in [2.75, 3.05) is 11.9 Å². The van der Waals surface area contributed by atoms with Gasteiger partial charge in [0.25, 0.3) is 0 Å². The number of carbonyl (C=O) groups excluding carboxylic acids is 1. The average Bonchev–Trinajstić information content (AvgIpc) is 3.13. The summed E-state index contributed by atoms with van der Waals surface area (Å²) in [5.74, 6) is 0.853. The van der Waals surface area contributed by atoms with Gasteiger partial charge >= 0.3 is 6.03 Å². The topological polar surface area (TPSA) is 84.7 Å². The number of nitrogens with one attached hydrogen (secondary N) is 2. The van der Waals surface area contributed by atoms with E-state index in [-0.39, 0.29) is 6.03 Å². The molecule has 0 bridgehead atoms. The number of aryl methyl sites for hydroxylation is 3. The molecular formula is C23H24N6O. The number of hydrogen-bond acceptors (Lipinski definition) is 4. The summed E-state index contributed by atoms with van der Waals surface area (Å²) in [4.78, 5) is 25.6. The van der Waals surface area contributed by atoms with Gasteiger partial charge in [-0.3, -0.25) is 4.98 Å². The Morgan fingerprint density at radius 2 is 1.90 bits per heavy atom. The minimum Gasteiger partial charge on any atom is -0.338 e. The van der Waals surface area contributed by atoms with Crippen molar-refractivity contribution in [3.63, 3.8) is 0 Å². The van der Waals surface area contributed by atoms with Gasteiger partial charge in [-0.1, -0.05) is 12.1 Å². The quantitative estimate of drug-likeness (QED) is 0.472. The van der Waals surface area contributed by atoms with Crippen LogP contribution in [0.1, 0.15) is 17.5 Å². The highest BCUT2D eigenvalue weighted by molar-refractivity contribution is 5.90. The van der Waals surface area contributed by atoms with Crippen LogP contribution in [0.25, 0.3) is 22.6 Å². The van der Waals surface area contributed by atoms with Crippen LogP contribution in [0, 0.1) is 13.8 Å². The van der Waals surface area contributed by atoms with Gasteiger partial charge in [0.15, 0.2) is 5.65 Å². The van der Waals surface area contributed by atoms with Gasteiger partial charge in [-0.2, -0.15) is 0 Å². The van der Waals surface area contributed by atoms with Crippen molar-refractivity contribution in [1.29, 1.82) is 0 Å². The predicted octanol–water partition coefficient (Wildman–Crippen LogP) is 4.32. The summed E-state index contributed by atoms with van der Waals surface area (Å²) in [7, 11) is 0. The molecule has 0 spiro atoms. The number of pyridine rings is 2. The maximum Gasteiger partial charge on any atom is 0.319 e. The van der Waals surface area contributed by atoms with Gasteiger partial charge in [-0.25, -0.2) is 14.8 Å². The first kappa shape index (κ1) is 19.6. The maximum absolute atomic E-state index is 12.3. The van der Waals surface area contributed by atoms with Crippen LogP contribution in [0.2, 0.25) is 0 Å². The summed E-state index contributed by atoms with van der Waals surface area (Å²) in [6.07, 6.45) is 6.03. The molecule has 30 heavy (non-hydrogen) atoms. The molecule has 4 aromatic rings. The highest BCUT2D eigenvalue weighted by Crippen LogP contribution is 2.23. The lowest BCUT2D eigenvalue weighted by Gasteiger charge is -2.12. The summed E-state index contributed by atoms with van der Waals surface area (Å²) in [5, 5.41) is 5.86. The van der Waals surface area contributed by atoms with Gasteiger partial charge in [-0.15, -0.1) is 0 Å². The van der Waals surface area contributed by atoms with E-state index >= 15 is 0 Å². The molecule has 0 fully saturated rings. The summed E-state index contributed by atoms with van der Waals surface area (Å²) < 4.78 is 2.09. The number of imidazole rings is 1. The molecule has 3 heterocycles. The second-order valence-electron chi connectivity index (χ2n) is 7.22. The van der Waals surface area contributed by atoms with Gasteiger partial charge in [0.05, 0.1) is 0 Å². The van der Waals surface area contributed by atoms with Gasteiger partial charge in [0.2, 0.25) is 0 Å². The molecular weight excluding hydrogens is 376 g/mol. The fourth-order valence-electron chi connectivity index (χ4n) is 3.37. The van der Waals surface area contributed by atoms with Crippen LogP contribution in [0.15, 0.2) is 61.1 Å². The predicted molar refractivity (Wildman–Crippen MR) is 118 cm³/mol. The molecule has 0 radical (unpaired) electrons. The molecule has 0 aliphatic rings. The number of amides is 2. The Balaban J connectivity index is 1.42. The zero-order chi connectivity index (χ0) is 20.9. The number of aromatic nitrogens is 4. The van der Waals surface area contributed by atoms with Crippen LogP contribution in [0.4, 0.5) is 10.5 Å². The van der Waals surface area contributed by atoms with E-state index in [1.54, 1.807) is 18.6 Å². The second kappa shape index (κ2) is 8.73. The minimum atomic E-state index is -0.202. The summed E-state index contributed by atoms with van der Waals surface area (Å²) in [6.45, 7) is 5.22. The molecule has 0 aliphatic carbocycles. The van der Waals surface area contributed by atoms with E-state index in [2.05, 4.69) is 25.2 Å². The molecule has 0 atom stereocenters. The van der Waals surface area contributed by atoms with Crippen LogP contribution in [-0.2, 0) is 6.54 Å². The number of carbonyl (C=O) groups is 1. The lowest BCUT2D eigenvalue weighted by molar-refractivity contribution is 0.252. The van der Waals surface area contributed by atoms with Gasteiger partial charge in [0.1, 0.15) is 11.3 Å². The van der Waals surface area contributed by atoms with Crippen molar-refractivity contribution in [2.45, 2.75) is 26.8 Å². The number of hydrogen-bond donors (Lipinski definition) is 2. The number of benzene rings is 1. The highest BCUT2D eigenvalue weighted by atomic mass is 16.2. The SMILES string of the molecule is Cc1ccc(C)c(NC(=O)NCCCn2c(-c3ccncc3)nc3cccnc32)c1. The summed E-state index contributed by atoms with van der Waals surface area (Å²) in [6, 6.07) is 13.5. The Hall–Kier alpha value is -3.74. The van der Waals surface area contributed by atoms with Gasteiger partial charge < -0.3 is 15.2 Å². The summed E-state index contributed by atoms with van der Waals surface area (Å²) >= 11 is 0. The molecule has 7 heteroatoms. The molecule has 0 saturated heterocycles. The van der Waals surface area contributed by atoms with E-state index in [1.807, 2.05) is 56.3 Å². The molecule has 0 aliphatic heterocycles. The Kier molecular flexibility index (Phi) is 5.70. The summed E-state index contributed by atoms with van der Waals surface area (Å²) in [5.41, 5.74) is 5.66. The van der Waals surface area contributed by atoms with Crippen LogP contribution in [0.5, 0.6) is 0 Å². The number of fused-ring (bicyclic) bond motifs is 1. The normalized spacial score (nSPS) is 10.9. The molecule has 0 unspecified atom stereocenters. The number of rotatable bonds is 6. The number of nitrogens with zero attached hydrogens (tertiary/aromatic N) is 4. The third kappa shape index (κ3) is 4.30. The van der Waals surface area contributed by atoms with E-state index in [0.29, 0.717) is 13.1 Å². The standard InChI is InChI=1S/C23H24N6O/c1-16-6-7-17(2)20(15-16)28-23(30)26-11-4-14-29-21(18-8-12-24-13-9-18)27-19-5-3-10-25-22(19)29/h3,5-10,12-13,15H,4,11,14H2,1-2H3,(H2,26,28,30). The van der Waals surface area contributed by atoms with Gasteiger partial charge in [-0.05, 0) is 61.7 Å². The van der Waals surface area contributed by atoms with Crippen molar-refractivity contribution >= 4 is 22.9 Å². The largest absolute Gasteiger partial charge is 0.338 e. The van der Waals surface area contributed by atoms with Crippen LogP contribution < -0.4 is 10.6 Å². The van der Waals surface area contributed by atoms with Crippen molar-refractivity contribution in [2.24, 2.45) is 0 Å². The van der Waals surface area contributed by atoms with Crippen LogP contribution >= 0.6 is 0 Å². The third-order valence-electron chi connectivity index (χ3n) is 4.93. The zero-order valence-corrected chi connectivity index (χ0v) is 17.1. The number of anilines is 1. The highest BCUT2D eigenvalue weighted by Gasteiger charge is 2.13. The Morgan fingerprint density at radius 1 is 1.07 bits per heavy atom. The molecule has 0 saturated carbocycles. The lowest BCUT2D eigenvalue weighted by Crippen LogP contribution is -2.30. The van der Waals surface area contributed by atoms with Crippen LogP contribution in [0.3, 0.4) is 0 Å². The van der Waals surface area contributed by atoms with Crippen molar-refractivity contribution < 1.29 is 4.79 Å². The fraction of sp³-hybridized carbons (Fsp3) is 0.217. The average molecular weight is 400 g/mol. The fourth-order valence-corrected chi connectivity index (χ4v) is 3.37. The minimum absolute atomic E-state index is 0.202. The third-order valence-corrected chi connectivity index (χ3v) is 4.93. The molecule has 7 nitrogen and oxygen atoms in total.